The summed E-state index contributed by atoms with van der Waals surface area (Å²) in [6.07, 6.45) is 12.7. The molecule has 2 rings (SSSR count). The Labute approximate surface area is 292 Å². The first-order valence-electron chi connectivity index (χ1n) is 19.7. The second-order valence-corrected chi connectivity index (χ2v) is 28.5. The van der Waals surface area contributed by atoms with Crippen molar-refractivity contribution in [3.05, 3.63) is 12.2 Å². The molecule has 0 aromatic carbocycles. The van der Waals surface area contributed by atoms with Crippen molar-refractivity contribution in [2.24, 2.45) is 0 Å². The molecule has 7 nitrogen and oxygen atoms in total. The Morgan fingerprint density at radius 3 is 1.77 bits per heavy atom. The summed E-state index contributed by atoms with van der Waals surface area (Å²) in [6, 6.07) is 7.89. The van der Waals surface area contributed by atoms with E-state index in [-0.39, 0.29) is 23.9 Å². The molecule has 47 heavy (non-hydrogen) atoms. The fourth-order valence-electron chi connectivity index (χ4n) is 7.53. The molecular weight excluding hydrogens is 639 g/mol. The van der Waals surface area contributed by atoms with Crippen molar-refractivity contribution in [3.8, 4) is 0 Å². The third-order valence-electron chi connectivity index (χ3n) is 12.1. The first-order chi connectivity index (χ1) is 22.5. The monoisotopic (exact) mass is 711 g/mol. The highest BCUT2D eigenvalue weighted by Crippen LogP contribution is 2.41. The Balaban J connectivity index is 2.44. The van der Waals surface area contributed by atoms with Crippen LogP contribution in [0.1, 0.15) is 121 Å². The van der Waals surface area contributed by atoms with Gasteiger partial charge in [-0.3, -0.25) is 9.59 Å². The van der Waals surface area contributed by atoms with E-state index < -0.39 is 42.7 Å². The molecule has 5 atom stereocenters. The molecule has 1 amide bonds. The van der Waals surface area contributed by atoms with E-state index in [4.69, 9.17) is 18.0 Å². The number of carbonyl (C=O) groups excluding carboxylic acids is 2. The molecule has 0 unspecified atom stereocenters. The highest BCUT2D eigenvalue weighted by atomic mass is 28.4. The van der Waals surface area contributed by atoms with Crippen LogP contribution in [0.4, 0.5) is 0 Å². The summed E-state index contributed by atoms with van der Waals surface area (Å²) in [6.45, 7) is 22.3. The maximum absolute atomic E-state index is 14.7. The Morgan fingerprint density at radius 2 is 1.26 bits per heavy atom. The van der Waals surface area contributed by atoms with Crippen LogP contribution in [-0.4, -0.2) is 73.2 Å². The van der Waals surface area contributed by atoms with E-state index >= 15 is 0 Å². The van der Waals surface area contributed by atoms with Crippen LogP contribution < -0.4 is 5.32 Å². The Kier molecular flexibility index (Phi) is 18.4. The average molecular weight is 712 g/mol. The zero-order valence-corrected chi connectivity index (χ0v) is 35.1. The van der Waals surface area contributed by atoms with Crippen molar-refractivity contribution in [2.45, 2.75) is 205 Å². The fraction of sp³-hybridized carbons (Fsp3) is 0.892. The van der Waals surface area contributed by atoms with E-state index in [0.29, 0.717) is 6.61 Å². The molecule has 2 heterocycles. The van der Waals surface area contributed by atoms with Crippen molar-refractivity contribution >= 4 is 36.6 Å². The highest BCUT2D eigenvalue weighted by molar-refractivity contribution is 6.75. The maximum Gasteiger partial charge on any atom is 0.262 e. The summed E-state index contributed by atoms with van der Waals surface area (Å²) < 4.78 is 27.2. The molecule has 2 aliphatic heterocycles. The van der Waals surface area contributed by atoms with Gasteiger partial charge in [-0.1, -0.05) is 114 Å². The molecule has 0 saturated carbocycles. The molecule has 1 N–H and O–H groups in total. The van der Waals surface area contributed by atoms with Crippen LogP contribution in [0.5, 0.6) is 0 Å². The summed E-state index contributed by atoms with van der Waals surface area (Å²) in [5, 5.41) is 3.24. The van der Waals surface area contributed by atoms with E-state index in [1.54, 1.807) is 6.08 Å². The third kappa shape index (κ3) is 10.7. The maximum atomic E-state index is 14.7. The van der Waals surface area contributed by atoms with E-state index in [1.807, 2.05) is 6.08 Å². The topological polar surface area (TPSA) is 86.4 Å². The number of rotatable bonds is 27. The van der Waals surface area contributed by atoms with Crippen LogP contribution in [-0.2, 0) is 27.6 Å². The number of amides is 1. The second kappa shape index (κ2) is 20.3. The van der Waals surface area contributed by atoms with Crippen molar-refractivity contribution in [3.63, 3.8) is 0 Å². The number of epoxide rings is 1. The lowest BCUT2D eigenvalue weighted by molar-refractivity contribution is -0.150. The summed E-state index contributed by atoms with van der Waals surface area (Å²) in [7, 11) is -6.67. The van der Waals surface area contributed by atoms with Gasteiger partial charge >= 0.3 is 0 Å². The third-order valence-corrected chi connectivity index (χ3v) is 25.9. The Bertz CT molecular complexity index is 943. The normalized spacial score (nSPS) is 25.1. The molecule has 2 fully saturated rings. The molecule has 0 aromatic heterocycles. The smallest absolute Gasteiger partial charge is 0.262 e. The van der Waals surface area contributed by atoms with Gasteiger partial charge in [-0.05, 0) is 73.0 Å². The van der Waals surface area contributed by atoms with Crippen molar-refractivity contribution in [1.29, 1.82) is 0 Å². The van der Waals surface area contributed by atoms with Crippen LogP contribution in [0.15, 0.2) is 12.2 Å². The quantitative estimate of drug-likeness (QED) is 0.0300. The van der Waals surface area contributed by atoms with Gasteiger partial charge in [0.1, 0.15) is 12.2 Å². The molecular formula is C37H73NO6Si3. The molecule has 274 valence electrons. The van der Waals surface area contributed by atoms with E-state index in [0.717, 1.165) is 67.2 Å². The standard InChI is InChI=1S/C37H73NO6Si3/c1-11-21-22-23-24-25-26-27-32-33(42-32)28-29-34(39)37(44-47(18-8,19-9)20-10)35(43-46(15-5,16-6)17-7)31(38-36(37)40)30-41-45(12-2,13-3)14-4/h28-29,31-33,35H,11-27,30H2,1-10H3,(H,38,40)/b29-28+/t31-,32+,33+,35-,37+/m0/s1. The van der Waals surface area contributed by atoms with Gasteiger partial charge in [-0.2, -0.15) is 0 Å². The molecule has 2 aliphatic rings. The number of carbonyl (C=O) groups is 2. The molecule has 0 aromatic rings. The van der Waals surface area contributed by atoms with Gasteiger partial charge in [0.2, 0.25) is 5.60 Å². The SMILES string of the molecule is CCCCCCCCC[C@H]1O[C@@H]1/C=C/C(=O)[C@]1(O[Si](CC)(CC)CC)C(=O)N[C@@H](CO[Si](CC)(CC)CC)[C@@H]1O[Si](CC)(CC)CC. The zero-order chi connectivity index (χ0) is 35.1. The minimum Gasteiger partial charge on any atom is -0.415 e. The molecule has 0 radical (unpaired) electrons. The largest absolute Gasteiger partial charge is 0.415 e. The second-order valence-electron chi connectivity index (χ2n) is 14.3. The van der Waals surface area contributed by atoms with Gasteiger partial charge in [0.15, 0.2) is 30.7 Å². The van der Waals surface area contributed by atoms with E-state index in [9.17, 15) is 9.59 Å². The Hall–Kier alpha value is -0.629. The molecule has 0 aliphatic carbocycles. The first kappa shape index (κ1) is 42.5. The van der Waals surface area contributed by atoms with Gasteiger partial charge in [-0.25, -0.2) is 0 Å². The van der Waals surface area contributed by atoms with Gasteiger partial charge in [-0.15, -0.1) is 0 Å². The van der Waals surface area contributed by atoms with Crippen LogP contribution >= 0.6 is 0 Å². The predicted octanol–water partition coefficient (Wildman–Crippen LogP) is 9.69. The fourth-order valence-corrected chi connectivity index (χ4v) is 16.0. The number of nitrogens with one attached hydrogen (secondary N) is 1. The lowest BCUT2D eigenvalue weighted by atomic mass is 9.90. The summed E-state index contributed by atoms with van der Waals surface area (Å²) in [4.78, 5) is 29.2. The van der Waals surface area contributed by atoms with Crippen LogP contribution in [0.3, 0.4) is 0 Å². The van der Waals surface area contributed by atoms with E-state index in [2.05, 4.69) is 74.6 Å². The molecule has 0 spiro atoms. The van der Waals surface area contributed by atoms with Gasteiger partial charge < -0.3 is 23.3 Å². The molecule has 0 bridgehead atoms. The Morgan fingerprint density at radius 1 is 0.745 bits per heavy atom. The van der Waals surface area contributed by atoms with Gasteiger partial charge in [0.25, 0.3) is 5.91 Å². The number of hydrogen-bond acceptors (Lipinski definition) is 6. The van der Waals surface area contributed by atoms with Gasteiger partial charge in [0, 0.05) is 0 Å². The highest BCUT2D eigenvalue weighted by Gasteiger charge is 2.65. The number of ether oxygens (including phenoxy) is 1. The number of ketones is 1. The number of unbranched alkanes of at least 4 members (excludes halogenated alkanes) is 6. The van der Waals surface area contributed by atoms with Crippen molar-refractivity contribution in [1.82, 2.24) is 5.32 Å². The van der Waals surface area contributed by atoms with Crippen LogP contribution in [0, 0.1) is 0 Å². The lowest BCUT2D eigenvalue weighted by Crippen LogP contribution is -2.64. The van der Waals surface area contributed by atoms with Crippen molar-refractivity contribution in [2.75, 3.05) is 6.61 Å². The minimum absolute atomic E-state index is 0.0785. The minimum atomic E-state index is -2.45. The van der Waals surface area contributed by atoms with Crippen LogP contribution in [0.2, 0.25) is 54.4 Å². The lowest BCUT2D eigenvalue weighted by Gasteiger charge is -2.44. The predicted molar refractivity (Wildman–Crippen MR) is 204 cm³/mol. The van der Waals surface area contributed by atoms with Gasteiger partial charge in [0.05, 0.1) is 18.8 Å². The number of hydrogen-bond donors (Lipinski definition) is 1. The average Bonchev–Trinajstić information content (AvgIpc) is 3.81. The summed E-state index contributed by atoms with van der Waals surface area (Å²) >= 11 is 0. The summed E-state index contributed by atoms with van der Waals surface area (Å²) in [5.41, 5.74) is -1.71. The van der Waals surface area contributed by atoms with E-state index in [1.165, 1.54) is 38.5 Å². The summed E-state index contributed by atoms with van der Waals surface area (Å²) in [5.74, 6) is -0.645. The molecule has 10 heteroatoms. The molecule has 2 saturated heterocycles. The van der Waals surface area contributed by atoms with Crippen LogP contribution in [0.25, 0.3) is 0 Å². The zero-order valence-electron chi connectivity index (χ0n) is 32.1. The first-order valence-corrected chi connectivity index (χ1v) is 27.3. The van der Waals surface area contributed by atoms with Crippen molar-refractivity contribution < 1.29 is 27.6 Å².